The molecule has 0 aliphatic heterocycles. The molecule has 1 aliphatic carbocycles. The molecule has 0 heterocycles. The maximum Gasteiger partial charge on any atom is 0.264 e. The number of carbonyl (C=O) groups excluding carboxylic acids is 2. The molecule has 11 heteroatoms. The van der Waals surface area contributed by atoms with Gasteiger partial charge in [-0.3, -0.25) is 13.9 Å². The summed E-state index contributed by atoms with van der Waals surface area (Å²) in [4.78, 5) is 30.3. The zero-order valence-electron chi connectivity index (χ0n) is 26.9. The van der Waals surface area contributed by atoms with Gasteiger partial charge in [0.2, 0.25) is 11.8 Å². The van der Waals surface area contributed by atoms with Gasteiger partial charge in [0.1, 0.15) is 18.3 Å². The van der Waals surface area contributed by atoms with Crippen LogP contribution in [0.1, 0.15) is 42.4 Å². The van der Waals surface area contributed by atoms with Gasteiger partial charge in [0.25, 0.3) is 10.0 Å². The molecule has 1 atom stereocenters. The number of benzene rings is 4. The summed E-state index contributed by atoms with van der Waals surface area (Å²) in [6.45, 7) is 1.29. The number of nitrogens with zero attached hydrogens (tertiary/aromatic N) is 2. The molecule has 48 heavy (non-hydrogen) atoms. The lowest BCUT2D eigenvalue weighted by atomic mass is 10.0. The molecule has 4 aromatic carbocycles. The van der Waals surface area contributed by atoms with Crippen LogP contribution in [0.25, 0.3) is 0 Å². The zero-order valence-corrected chi connectivity index (χ0v) is 29.3. The average Bonchev–Trinajstić information content (AvgIpc) is 3.58. The van der Waals surface area contributed by atoms with Crippen LogP contribution in [0.4, 0.5) is 5.69 Å². The predicted octanol–water partition coefficient (Wildman–Crippen LogP) is 7.20. The van der Waals surface area contributed by atoms with E-state index in [0.717, 1.165) is 41.1 Å². The number of nitrogens with one attached hydrogen (secondary N) is 1. The first-order chi connectivity index (χ1) is 23.0. The smallest absolute Gasteiger partial charge is 0.264 e. The number of halogens is 2. The summed E-state index contributed by atoms with van der Waals surface area (Å²) in [5.41, 5.74) is 2.61. The van der Waals surface area contributed by atoms with Gasteiger partial charge in [-0.2, -0.15) is 0 Å². The molecule has 0 aromatic heterocycles. The minimum atomic E-state index is -4.27. The largest absolute Gasteiger partial charge is 0.495 e. The fraction of sp³-hybridized carbons (Fsp3) is 0.297. The third kappa shape index (κ3) is 8.69. The molecule has 1 fully saturated rings. The molecule has 2 amide bonds. The molecule has 0 radical (unpaired) electrons. The second-order valence-corrected chi connectivity index (χ2v) is 14.7. The monoisotopic (exact) mass is 707 g/mol. The van der Waals surface area contributed by atoms with Gasteiger partial charge < -0.3 is 15.0 Å². The normalized spacial score (nSPS) is 13.9. The summed E-state index contributed by atoms with van der Waals surface area (Å²) < 4.78 is 34.9. The van der Waals surface area contributed by atoms with Crippen LogP contribution in [0.2, 0.25) is 10.0 Å². The lowest BCUT2D eigenvalue weighted by molar-refractivity contribution is -0.140. The fourth-order valence-electron chi connectivity index (χ4n) is 5.93. The number of hydrogen-bond acceptors (Lipinski definition) is 5. The highest BCUT2D eigenvalue weighted by atomic mass is 35.5. The molecule has 0 saturated heterocycles. The minimum absolute atomic E-state index is 0.00837. The summed E-state index contributed by atoms with van der Waals surface area (Å²) in [7, 11) is -2.81. The van der Waals surface area contributed by atoms with Gasteiger partial charge in [-0.25, -0.2) is 8.42 Å². The summed E-state index contributed by atoms with van der Waals surface area (Å²) in [6.07, 6.45) is 4.01. The van der Waals surface area contributed by atoms with Crippen molar-refractivity contribution in [2.75, 3.05) is 18.0 Å². The molecule has 0 unspecified atom stereocenters. The Morgan fingerprint density at radius 3 is 2.23 bits per heavy atom. The van der Waals surface area contributed by atoms with Crippen LogP contribution in [0.15, 0.2) is 102 Å². The maximum absolute atomic E-state index is 14.7. The molecule has 4 aromatic rings. The van der Waals surface area contributed by atoms with Crippen molar-refractivity contribution in [3.05, 3.63) is 124 Å². The Hall–Kier alpha value is -4.05. The van der Waals surface area contributed by atoms with Crippen molar-refractivity contribution in [3.63, 3.8) is 0 Å². The first-order valence-electron chi connectivity index (χ1n) is 15.9. The van der Waals surface area contributed by atoms with E-state index in [1.807, 2.05) is 43.3 Å². The van der Waals surface area contributed by atoms with Crippen LogP contribution in [-0.4, -0.2) is 50.9 Å². The highest BCUT2D eigenvalue weighted by Gasteiger charge is 2.35. The molecular formula is C37H39Cl2N3O5S. The van der Waals surface area contributed by atoms with Gasteiger partial charge in [-0.15, -0.1) is 0 Å². The lowest BCUT2D eigenvalue weighted by Crippen LogP contribution is -2.54. The second-order valence-electron chi connectivity index (χ2n) is 12.0. The van der Waals surface area contributed by atoms with Gasteiger partial charge >= 0.3 is 0 Å². The van der Waals surface area contributed by atoms with Crippen LogP contribution in [-0.2, 0) is 32.6 Å². The van der Waals surface area contributed by atoms with Crippen molar-refractivity contribution in [2.45, 2.75) is 62.6 Å². The third-order valence-corrected chi connectivity index (χ3v) is 10.8. The molecular weight excluding hydrogens is 669 g/mol. The zero-order chi connectivity index (χ0) is 34.3. The van der Waals surface area contributed by atoms with E-state index in [4.69, 9.17) is 27.9 Å². The van der Waals surface area contributed by atoms with Crippen molar-refractivity contribution < 1.29 is 22.7 Å². The highest BCUT2D eigenvalue weighted by molar-refractivity contribution is 7.92. The fourth-order valence-corrected chi connectivity index (χ4v) is 7.80. The van der Waals surface area contributed by atoms with Crippen LogP contribution in [0.5, 0.6) is 5.75 Å². The number of anilines is 1. The molecule has 1 N–H and O–H groups in total. The van der Waals surface area contributed by atoms with Crippen LogP contribution in [0, 0.1) is 6.92 Å². The lowest BCUT2D eigenvalue weighted by Gasteiger charge is -2.34. The van der Waals surface area contributed by atoms with Gasteiger partial charge in [-0.05, 0) is 73.4 Å². The standard InChI is InChI=1S/C37H39Cl2N3O5S/c1-26-15-18-32(19-16-26)48(45,46)42(31-17-20-35(47-2)33(39)23-31)25-36(43)41(24-28-11-8-12-29(38)21-28)34(22-27-9-4-3-5-10-27)37(44)40-30-13-6-7-14-30/h3-5,8-12,15-21,23,30,34H,6-7,13-14,22,24-25H2,1-2H3,(H,40,44)/t34-/m1/s1. The highest BCUT2D eigenvalue weighted by Crippen LogP contribution is 2.32. The van der Waals surface area contributed by atoms with E-state index in [1.54, 1.807) is 42.5 Å². The second kappa shape index (κ2) is 15.9. The number of amides is 2. The summed E-state index contributed by atoms with van der Waals surface area (Å²) in [6, 6.07) is 26.6. The number of aryl methyl sites for hydroxylation is 1. The topological polar surface area (TPSA) is 96.0 Å². The molecule has 252 valence electrons. The van der Waals surface area contributed by atoms with Crippen LogP contribution < -0.4 is 14.4 Å². The molecule has 0 bridgehead atoms. The molecule has 5 rings (SSSR count). The number of sulfonamides is 1. The third-order valence-electron chi connectivity index (χ3n) is 8.53. The Kier molecular flexibility index (Phi) is 11.7. The van der Waals surface area contributed by atoms with Crippen molar-refractivity contribution in [3.8, 4) is 5.75 Å². The Morgan fingerprint density at radius 1 is 0.896 bits per heavy atom. The van der Waals surface area contributed by atoms with Gasteiger partial charge in [0.05, 0.1) is 22.7 Å². The van der Waals surface area contributed by atoms with E-state index in [-0.39, 0.29) is 40.5 Å². The Morgan fingerprint density at radius 2 is 1.58 bits per heavy atom. The molecule has 8 nitrogen and oxygen atoms in total. The first-order valence-corrected chi connectivity index (χ1v) is 18.1. The SMILES string of the molecule is COc1ccc(N(CC(=O)N(Cc2cccc(Cl)c2)[C@H](Cc2ccccc2)C(=O)NC2CCCC2)S(=O)(=O)c2ccc(C)cc2)cc1Cl. The van der Waals surface area contributed by atoms with E-state index < -0.39 is 28.5 Å². The maximum atomic E-state index is 14.7. The van der Waals surface area contributed by atoms with Gasteiger partial charge in [0.15, 0.2) is 0 Å². The number of rotatable bonds is 13. The van der Waals surface area contributed by atoms with Crippen molar-refractivity contribution >= 4 is 50.7 Å². The minimum Gasteiger partial charge on any atom is -0.495 e. The average molecular weight is 709 g/mol. The Labute approximate surface area is 292 Å². The molecule has 0 spiro atoms. The summed E-state index contributed by atoms with van der Waals surface area (Å²) in [5, 5.41) is 3.84. The number of methoxy groups -OCH3 is 1. The van der Waals surface area contributed by atoms with E-state index in [1.165, 1.54) is 30.2 Å². The van der Waals surface area contributed by atoms with Crippen molar-refractivity contribution in [1.29, 1.82) is 0 Å². The van der Waals surface area contributed by atoms with E-state index in [0.29, 0.717) is 16.3 Å². The molecule has 1 aliphatic rings. The quantitative estimate of drug-likeness (QED) is 0.159. The Balaban J connectivity index is 1.58. The number of hydrogen-bond donors (Lipinski definition) is 1. The van der Waals surface area contributed by atoms with Crippen molar-refractivity contribution in [1.82, 2.24) is 10.2 Å². The van der Waals surface area contributed by atoms with Crippen LogP contribution in [0.3, 0.4) is 0 Å². The Bertz CT molecular complexity index is 1830. The predicted molar refractivity (Wildman–Crippen MR) is 190 cm³/mol. The number of ether oxygens (including phenoxy) is 1. The van der Waals surface area contributed by atoms with Gasteiger partial charge in [-0.1, -0.05) is 96.2 Å². The van der Waals surface area contributed by atoms with Gasteiger partial charge in [0, 0.05) is 24.0 Å². The first kappa shape index (κ1) is 35.3. The van der Waals surface area contributed by atoms with Crippen molar-refractivity contribution in [2.24, 2.45) is 0 Å². The summed E-state index contributed by atoms with van der Waals surface area (Å²) in [5.74, 6) is -0.504. The van der Waals surface area contributed by atoms with E-state index in [2.05, 4.69) is 5.32 Å². The van der Waals surface area contributed by atoms with E-state index >= 15 is 0 Å². The van der Waals surface area contributed by atoms with E-state index in [9.17, 15) is 18.0 Å². The van der Waals surface area contributed by atoms with Crippen LogP contribution >= 0.6 is 23.2 Å². The number of carbonyl (C=O) groups is 2. The molecule has 1 saturated carbocycles. The summed E-state index contributed by atoms with van der Waals surface area (Å²) >= 11 is 12.8.